The number of nitrogens with zero attached hydrogens (tertiary/aromatic N) is 2. The van der Waals surface area contributed by atoms with Gasteiger partial charge >= 0.3 is 11.9 Å². The third-order valence-corrected chi connectivity index (χ3v) is 4.96. The summed E-state index contributed by atoms with van der Waals surface area (Å²) in [5, 5.41) is 13.9. The molecule has 0 fully saturated rings. The fraction of sp³-hybridized carbons (Fsp3) is 0.0455. The van der Waals surface area contributed by atoms with Crippen molar-refractivity contribution in [3.8, 4) is 11.4 Å². The Kier molecular flexibility index (Phi) is 5.59. The van der Waals surface area contributed by atoms with Crippen molar-refractivity contribution in [3.05, 3.63) is 82.3 Å². The van der Waals surface area contributed by atoms with E-state index in [1.54, 1.807) is 53.2 Å². The van der Waals surface area contributed by atoms with Crippen LogP contribution < -0.4 is 10.2 Å². The molecular weight excluding hydrogens is 466 g/mol. The summed E-state index contributed by atoms with van der Waals surface area (Å²) in [6.45, 7) is 0. The van der Waals surface area contributed by atoms with Crippen LogP contribution in [0, 0.1) is 0 Å². The molecule has 9 heteroatoms. The van der Waals surface area contributed by atoms with E-state index in [0.717, 1.165) is 4.47 Å². The molecule has 4 rings (SSSR count). The summed E-state index contributed by atoms with van der Waals surface area (Å²) in [5.41, 5.74) is 4.39. The number of methoxy groups -OCH3 is 1. The number of aromatic nitrogens is 1. The molecule has 0 aliphatic heterocycles. The zero-order chi connectivity index (χ0) is 22.0. The number of halogens is 1. The lowest BCUT2D eigenvalue weighted by Crippen LogP contribution is -2.17. The van der Waals surface area contributed by atoms with Gasteiger partial charge in [-0.25, -0.2) is 10.2 Å². The number of carbonyl (C=O) groups excluding carboxylic acids is 1. The van der Waals surface area contributed by atoms with E-state index in [1.807, 2.05) is 6.07 Å². The Bertz CT molecular complexity index is 1320. The molecule has 0 radical (unpaired) electrons. The summed E-state index contributed by atoms with van der Waals surface area (Å²) in [6.07, 6.45) is 3.23. The van der Waals surface area contributed by atoms with E-state index in [4.69, 9.17) is 9.15 Å². The van der Waals surface area contributed by atoms with Crippen LogP contribution in [0.25, 0.3) is 16.7 Å². The zero-order valence-corrected chi connectivity index (χ0v) is 17.8. The molecule has 0 aliphatic carbocycles. The number of furan rings is 1. The number of fused-ring (bicyclic) bond motifs is 1. The fourth-order valence-electron chi connectivity index (χ4n) is 3.08. The second-order valence-electron chi connectivity index (χ2n) is 6.49. The number of carboxylic acids is 1. The molecular formula is C22H16BrN3O5. The number of hydrogen-bond acceptors (Lipinski definition) is 5. The first-order chi connectivity index (χ1) is 15.0. The Labute approximate surface area is 184 Å². The standard InChI is InChI=1S/C22H16BrN3O5/c1-30-18-11-15(23)8-14-10-19(31-20(14)18)21(27)25-24-12-17-6-3-7-26(17)16-5-2-4-13(9-16)22(28)29/h2-12H,1H3,(H,25,27)(H,28,29)/b24-12-. The number of carboxylic acid groups (broad SMARTS) is 1. The van der Waals surface area contributed by atoms with Gasteiger partial charge in [0.15, 0.2) is 17.1 Å². The molecule has 0 unspecified atom stereocenters. The molecule has 8 nitrogen and oxygen atoms in total. The summed E-state index contributed by atoms with van der Waals surface area (Å²) < 4.78 is 13.5. The van der Waals surface area contributed by atoms with Crippen LogP contribution in [0.4, 0.5) is 0 Å². The third-order valence-electron chi connectivity index (χ3n) is 4.51. The van der Waals surface area contributed by atoms with Crippen molar-refractivity contribution in [2.24, 2.45) is 5.10 Å². The smallest absolute Gasteiger partial charge is 0.335 e. The quantitative estimate of drug-likeness (QED) is 0.312. The van der Waals surface area contributed by atoms with Gasteiger partial charge in [-0.3, -0.25) is 4.79 Å². The normalized spacial score (nSPS) is 11.2. The molecule has 2 aromatic carbocycles. The molecule has 0 aliphatic rings. The monoisotopic (exact) mass is 481 g/mol. The molecule has 156 valence electrons. The molecule has 2 aromatic heterocycles. The van der Waals surface area contributed by atoms with Crippen LogP contribution in [0.3, 0.4) is 0 Å². The lowest BCUT2D eigenvalue weighted by Gasteiger charge is -2.07. The first-order valence-electron chi connectivity index (χ1n) is 9.08. The molecule has 4 aromatic rings. The second kappa shape index (κ2) is 8.49. The summed E-state index contributed by atoms with van der Waals surface area (Å²) in [4.78, 5) is 23.7. The number of amides is 1. The summed E-state index contributed by atoms with van der Waals surface area (Å²) in [6, 6.07) is 15.3. The summed E-state index contributed by atoms with van der Waals surface area (Å²) in [5.74, 6) is -0.927. The van der Waals surface area contributed by atoms with Gasteiger partial charge in [0.05, 0.1) is 24.6 Å². The number of hydrazone groups is 1. The maximum atomic E-state index is 12.5. The highest BCUT2D eigenvalue weighted by Crippen LogP contribution is 2.32. The number of carbonyl (C=O) groups is 2. The highest BCUT2D eigenvalue weighted by Gasteiger charge is 2.15. The molecule has 2 heterocycles. The minimum absolute atomic E-state index is 0.0908. The van der Waals surface area contributed by atoms with Crippen LogP contribution in [0.15, 0.2) is 74.8 Å². The Morgan fingerprint density at radius 2 is 2.03 bits per heavy atom. The largest absolute Gasteiger partial charge is 0.493 e. The maximum Gasteiger partial charge on any atom is 0.335 e. The number of hydrogen-bond donors (Lipinski definition) is 2. The van der Waals surface area contributed by atoms with Crippen LogP contribution in [-0.4, -0.2) is 34.9 Å². The highest BCUT2D eigenvalue weighted by atomic mass is 79.9. The van der Waals surface area contributed by atoms with Gasteiger partial charge in [-0.1, -0.05) is 22.0 Å². The van der Waals surface area contributed by atoms with Crippen molar-refractivity contribution in [1.82, 2.24) is 9.99 Å². The lowest BCUT2D eigenvalue weighted by molar-refractivity contribution is 0.0696. The number of ether oxygens (including phenoxy) is 1. The Morgan fingerprint density at radius 3 is 2.81 bits per heavy atom. The number of aromatic carboxylic acids is 1. The summed E-state index contributed by atoms with van der Waals surface area (Å²) >= 11 is 3.39. The summed E-state index contributed by atoms with van der Waals surface area (Å²) in [7, 11) is 1.52. The van der Waals surface area contributed by atoms with Gasteiger partial charge in [0.2, 0.25) is 0 Å². The van der Waals surface area contributed by atoms with E-state index < -0.39 is 11.9 Å². The SMILES string of the molecule is COc1cc(Br)cc2cc(C(=O)N/N=C\c3cccn3-c3cccc(C(=O)O)c3)oc12. The van der Waals surface area contributed by atoms with E-state index in [1.165, 1.54) is 19.4 Å². The topological polar surface area (TPSA) is 106 Å². The van der Waals surface area contributed by atoms with Crippen LogP contribution in [0.1, 0.15) is 26.6 Å². The zero-order valence-electron chi connectivity index (χ0n) is 16.2. The van der Waals surface area contributed by atoms with E-state index in [2.05, 4.69) is 26.5 Å². The number of rotatable bonds is 6. The average molecular weight is 482 g/mol. The van der Waals surface area contributed by atoms with Crippen molar-refractivity contribution in [2.45, 2.75) is 0 Å². The minimum Gasteiger partial charge on any atom is -0.493 e. The van der Waals surface area contributed by atoms with E-state index in [-0.39, 0.29) is 11.3 Å². The van der Waals surface area contributed by atoms with Gasteiger partial charge in [-0.15, -0.1) is 0 Å². The van der Waals surface area contributed by atoms with Gasteiger partial charge in [0, 0.05) is 21.7 Å². The third kappa shape index (κ3) is 4.22. The van der Waals surface area contributed by atoms with Gasteiger partial charge in [-0.2, -0.15) is 5.10 Å². The van der Waals surface area contributed by atoms with Crippen molar-refractivity contribution < 1.29 is 23.8 Å². The molecule has 1 amide bonds. The minimum atomic E-state index is -1.01. The second-order valence-corrected chi connectivity index (χ2v) is 7.41. The van der Waals surface area contributed by atoms with Crippen molar-refractivity contribution >= 4 is 45.0 Å². The fourth-order valence-corrected chi connectivity index (χ4v) is 3.54. The predicted octanol–water partition coefficient (Wildman–Crippen LogP) is 4.46. The number of nitrogens with one attached hydrogen (secondary N) is 1. The van der Waals surface area contributed by atoms with Crippen LogP contribution in [-0.2, 0) is 0 Å². The van der Waals surface area contributed by atoms with Gasteiger partial charge in [0.25, 0.3) is 0 Å². The first-order valence-corrected chi connectivity index (χ1v) is 9.87. The molecule has 0 saturated carbocycles. The Hall–Kier alpha value is -3.85. The van der Waals surface area contributed by atoms with Gasteiger partial charge in [-0.05, 0) is 48.5 Å². The first kappa shape index (κ1) is 20.4. The van der Waals surface area contributed by atoms with Gasteiger partial charge in [0.1, 0.15) is 0 Å². The lowest BCUT2D eigenvalue weighted by atomic mass is 10.2. The molecule has 31 heavy (non-hydrogen) atoms. The predicted molar refractivity (Wildman–Crippen MR) is 118 cm³/mol. The highest BCUT2D eigenvalue weighted by molar-refractivity contribution is 9.10. The van der Waals surface area contributed by atoms with E-state index in [9.17, 15) is 14.7 Å². The van der Waals surface area contributed by atoms with Crippen LogP contribution in [0.2, 0.25) is 0 Å². The van der Waals surface area contributed by atoms with Crippen molar-refractivity contribution in [2.75, 3.05) is 7.11 Å². The van der Waals surface area contributed by atoms with E-state index >= 15 is 0 Å². The van der Waals surface area contributed by atoms with Crippen LogP contribution in [0.5, 0.6) is 5.75 Å². The Balaban J connectivity index is 1.53. The average Bonchev–Trinajstić information content (AvgIpc) is 3.40. The van der Waals surface area contributed by atoms with Crippen molar-refractivity contribution in [3.63, 3.8) is 0 Å². The van der Waals surface area contributed by atoms with Gasteiger partial charge < -0.3 is 18.8 Å². The van der Waals surface area contributed by atoms with Crippen molar-refractivity contribution in [1.29, 1.82) is 0 Å². The Morgan fingerprint density at radius 1 is 1.19 bits per heavy atom. The number of benzene rings is 2. The van der Waals surface area contributed by atoms with E-state index in [0.29, 0.717) is 28.1 Å². The molecule has 2 N–H and O–H groups in total. The maximum absolute atomic E-state index is 12.5. The molecule has 0 spiro atoms. The van der Waals surface area contributed by atoms with Crippen LogP contribution >= 0.6 is 15.9 Å². The molecule has 0 bridgehead atoms. The molecule has 0 saturated heterocycles. The molecule has 0 atom stereocenters.